The molecule has 1 aliphatic carbocycles. The quantitative estimate of drug-likeness (QED) is 0.928. The van der Waals surface area contributed by atoms with E-state index in [1.165, 1.54) is 19.3 Å². The molecule has 22 heavy (non-hydrogen) atoms. The van der Waals surface area contributed by atoms with E-state index in [4.69, 9.17) is 4.42 Å². The molecule has 2 fully saturated rings. The molecule has 2 heterocycles. The maximum atomic E-state index is 12.4. The van der Waals surface area contributed by atoms with Crippen LogP contribution in [0.1, 0.15) is 44.8 Å². The first-order valence-corrected chi connectivity index (χ1v) is 8.24. The average Bonchev–Trinajstić information content (AvgIpc) is 3.13. The van der Waals surface area contributed by atoms with Crippen LogP contribution in [0.3, 0.4) is 0 Å². The van der Waals surface area contributed by atoms with Crippen molar-refractivity contribution in [3.05, 3.63) is 24.2 Å². The van der Waals surface area contributed by atoms with Crippen LogP contribution in [0.15, 0.2) is 22.8 Å². The van der Waals surface area contributed by atoms with Gasteiger partial charge in [-0.2, -0.15) is 0 Å². The lowest BCUT2D eigenvalue weighted by Crippen LogP contribution is -2.44. The number of carbonyl (C=O) groups excluding carboxylic acids is 2. The van der Waals surface area contributed by atoms with Crippen molar-refractivity contribution in [2.75, 3.05) is 6.54 Å². The van der Waals surface area contributed by atoms with Gasteiger partial charge in [-0.15, -0.1) is 0 Å². The maximum Gasteiger partial charge on any atom is 0.225 e. The zero-order chi connectivity index (χ0) is 15.5. The molecule has 120 valence electrons. The zero-order valence-electron chi connectivity index (χ0n) is 13.1. The van der Waals surface area contributed by atoms with E-state index >= 15 is 0 Å². The van der Waals surface area contributed by atoms with E-state index in [0.717, 1.165) is 12.2 Å². The minimum absolute atomic E-state index is 0.0354. The van der Waals surface area contributed by atoms with Crippen molar-refractivity contribution in [3.8, 4) is 0 Å². The largest absolute Gasteiger partial charge is 0.467 e. The summed E-state index contributed by atoms with van der Waals surface area (Å²) < 4.78 is 5.28. The highest BCUT2D eigenvalue weighted by atomic mass is 16.3. The lowest BCUT2D eigenvalue weighted by molar-refractivity contribution is -0.129. The molecule has 3 unspecified atom stereocenters. The molecule has 1 saturated carbocycles. The zero-order valence-corrected chi connectivity index (χ0v) is 13.1. The third-order valence-electron chi connectivity index (χ3n) is 4.95. The van der Waals surface area contributed by atoms with Crippen LogP contribution in [0, 0.1) is 11.8 Å². The van der Waals surface area contributed by atoms with Gasteiger partial charge in [-0.25, -0.2) is 0 Å². The predicted octanol–water partition coefficient (Wildman–Crippen LogP) is 2.32. The van der Waals surface area contributed by atoms with Crippen LogP contribution in [0.25, 0.3) is 0 Å². The Morgan fingerprint density at radius 3 is 2.95 bits per heavy atom. The van der Waals surface area contributed by atoms with Gasteiger partial charge in [0.15, 0.2) is 0 Å². The van der Waals surface area contributed by atoms with E-state index in [9.17, 15) is 9.59 Å². The number of amides is 2. The maximum absolute atomic E-state index is 12.4. The van der Waals surface area contributed by atoms with E-state index in [1.807, 2.05) is 12.1 Å². The summed E-state index contributed by atoms with van der Waals surface area (Å²) in [6, 6.07) is 3.94. The minimum Gasteiger partial charge on any atom is -0.467 e. The number of carbonyl (C=O) groups is 2. The Bertz CT molecular complexity index is 526. The van der Waals surface area contributed by atoms with Crippen LogP contribution >= 0.6 is 0 Å². The molecule has 5 nitrogen and oxygen atoms in total. The molecule has 3 rings (SSSR count). The Hall–Kier alpha value is -1.78. The van der Waals surface area contributed by atoms with Crippen LogP contribution in [0.4, 0.5) is 0 Å². The van der Waals surface area contributed by atoms with Crippen LogP contribution in [-0.4, -0.2) is 29.3 Å². The summed E-state index contributed by atoms with van der Waals surface area (Å²) in [5.74, 6) is 1.14. The average molecular weight is 304 g/mol. The fourth-order valence-corrected chi connectivity index (χ4v) is 3.52. The van der Waals surface area contributed by atoms with E-state index in [0.29, 0.717) is 25.4 Å². The highest BCUT2D eigenvalue weighted by Crippen LogP contribution is 2.25. The summed E-state index contributed by atoms with van der Waals surface area (Å²) in [4.78, 5) is 26.2. The van der Waals surface area contributed by atoms with Gasteiger partial charge in [0.05, 0.1) is 18.7 Å². The first-order valence-electron chi connectivity index (χ1n) is 8.24. The van der Waals surface area contributed by atoms with Crippen LogP contribution in [0.5, 0.6) is 0 Å². The highest BCUT2D eigenvalue weighted by Gasteiger charge is 2.36. The van der Waals surface area contributed by atoms with E-state index in [-0.39, 0.29) is 23.8 Å². The molecule has 1 N–H and O–H groups in total. The van der Waals surface area contributed by atoms with Gasteiger partial charge in [0.1, 0.15) is 5.76 Å². The lowest BCUT2D eigenvalue weighted by Gasteiger charge is -2.30. The number of hydrogen-bond acceptors (Lipinski definition) is 3. The molecule has 5 heteroatoms. The van der Waals surface area contributed by atoms with E-state index in [2.05, 4.69) is 12.2 Å². The second-order valence-electron chi connectivity index (χ2n) is 6.63. The van der Waals surface area contributed by atoms with Crippen molar-refractivity contribution in [1.82, 2.24) is 10.2 Å². The number of nitrogens with zero attached hydrogens (tertiary/aromatic N) is 1. The summed E-state index contributed by atoms with van der Waals surface area (Å²) in [5, 5.41) is 3.17. The topological polar surface area (TPSA) is 62.6 Å². The van der Waals surface area contributed by atoms with Crippen molar-refractivity contribution < 1.29 is 14.0 Å². The van der Waals surface area contributed by atoms with Crippen LogP contribution in [-0.2, 0) is 16.1 Å². The molecule has 1 aromatic heterocycles. The third-order valence-corrected chi connectivity index (χ3v) is 4.95. The molecule has 1 aromatic rings. The van der Waals surface area contributed by atoms with Gasteiger partial charge >= 0.3 is 0 Å². The van der Waals surface area contributed by atoms with Crippen LogP contribution < -0.4 is 5.32 Å². The molecule has 0 bridgehead atoms. The Labute approximate surface area is 131 Å². The second kappa shape index (κ2) is 6.55. The number of furan rings is 1. The van der Waals surface area contributed by atoms with E-state index < -0.39 is 0 Å². The Kier molecular flexibility index (Phi) is 4.50. The fourth-order valence-electron chi connectivity index (χ4n) is 3.52. The molecule has 1 saturated heterocycles. The highest BCUT2D eigenvalue weighted by molar-refractivity contribution is 5.89. The van der Waals surface area contributed by atoms with Gasteiger partial charge in [0.25, 0.3) is 0 Å². The summed E-state index contributed by atoms with van der Waals surface area (Å²) in [6.07, 6.45) is 6.59. The van der Waals surface area contributed by atoms with Gasteiger partial charge in [0, 0.05) is 19.0 Å². The fraction of sp³-hybridized carbons (Fsp3) is 0.647. The first kappa shape index (κ1) is 15.1. The standard InChI is InChI=1S/C17H24N2O3/c1-12-5-2-3-7-15(12)18-17(21)13-9-16(20)19(10-13)11-14-6-4-8-22-14/h4,6,8,12-13,15H,2-3,5,7,9-11H2,1H3,(H,18,21). The Balaban J connectivity index is 1.54. The first-order chi connectivity index (χ1) is 10.6. The Morgan fingerprint density at radius 1 is 1.41 bits per heavy atom. The molecule has 2 amide bonds. The molecule has 3 atom stereocenters. The minimum atomic E-state index is -0.225. The van der Waals surface area contributed by atoms with Gasteiger partial charge in [0.2, 0.25) is 11.8 Å². The second-order valence-corrected chi connectivity index (χ2v) is 6.63. The number of hydrogen-bond donors (Lipinski definition) is 1. The summed E-state index contributed by atoms with van der Waals surface area (Å²) in [6.45, 7) is 3.15. The monoisotopic (exact) mass is 304 g/mol. The predicted molar refractivity (Wildman–Crippen MR) is 81.8 cm³/mol. The molecular formula is C17H24N2O3. The summed E-state index contributed by atoms with van der Waals surface area (Å²) in [7, 11) is 0. The number of rotatable bonds is 4. The van der Waals surface area contributed by atoms with Crippen molar-refractivity contribution in [2.45, 2.75) is 51.6 Å². The third kappa shape index (κ3) is 3.34. The van der Waals surface area contributed by atoms with Crippen molar-refractivity contribution in [1.29, 1.82) is 0 Å². The SMILES string of the molecule is CC1CCCCC1NC(=O)C1CC(=O)N(Cc2ccco2)C1. The van der Waals surface area contributed by atoms with Gasteiger partial charge in [-0.3, -0.25) is 9.59 Å². The smallest absolute Gasteiger partial charge is 0.225 e. The summed E-state index contributed by atoms with van der Waals surface area (Å²) in [5.41, 5.74) is 0. The molecule has 0 spiro atoms. The molecule has 2 aliphatic rings. The molecule has 0 radical (unpaired) electrons. The van der Waals surface area contributed by atoms with Crippen molar-refractivity contribution in [3.63, 3.8) is 0 Å². The van der Waals surface area contributed by atoms with Gasteiger partial charge in [-0.05, 0) is 30.9 Å². The number of likely N-dealkylation sites (tertiary alicyclic amines) is 1. The normalized spacial score (nSPS) is 28.9. The van der Waals surface area contributed by atoms with E-state index in [1.54, 1.807) is 11.2 Å². The van der Waals surface area contributed by atoms with Gasteiger partial charge < -0.3 is 14.6 Å². The summed E-state index contributed by atoms with van der Waals surface area (Å²) >= 11 is 0. The Morgan fingerprint density at radius 2 is 2.23 bits per heavy atom. The molecular weight excluding hydrogens is 280 g/mol. The number of nitrogens with one attached hydrogen (secondary N) is 1. The van der Waals surface area contributed by atoms with Gasteiger partial charge in [-0.1, -0.05) is 19.8 Å². The molecule has 0 aromatic carbocycles. The lowest BCUT2D eigenvalue weighted by atomic mass is 9.85. The van der Waals surface area contributed by atoms with Crippen LogP contribution in [0.2, 0.25) is 0 Å². The van der Waals surface area contributed by atoms with Crippen molar-refractivity contribution >= 4 is 11.8 Å². The molecule has 1 aliphatic heterocycles. The van der Waals surface area contributed by atoms with Crippen molar-refractivity contribution in [2.24, 2.45) is 11.8 Å².